The van der Waals surface area contributed by atoms with Crippen LogP contribution in [0.2, 0.25) is 0 Å². The highest BCUT2D eigenvalue weighted by Gasteiger charge is 2.05. The van der Waals surface area contributed by atoms with Gasteiger partial charge >= 0.3 is 0 Å². The van der Waals surface area contributed by atoms with E-state index in [0.29, 0.717) is 18.2 Å². The molecule has 5 heteroatoms. The Morgan fingerprint density at radius 3 is 2.80 bits per heavy atom. The highest BCUT2D eigenvalue weighted by Crippen LogP contribution is 2.15. The zero-order valence-corrected chi connectivity index (χ0v) is 9.53. The number of methoxy groups -OCH3 is 1. The van der Waals surface area contributed by atoms with E-state index in [1.807, 2.05) is 24.9 Å². The van der Waals surface area contributed by atoms with Gasteiger partial charge in [-0.3, -0.25) is 0 Å². The van der Waals surface area contributed by atoms with E-state index in [2.05, 4.69) is 9.97 Å². The number of rotatable bonds is 5. The first-order valence-electron chi connectivity index (χ1n) is 4.98. The third-order valence-corrected chi connectivity index (χ3v) is 2.10. The molecule has 1 heterocycles. The monoisotopic (exact) mass is 210 g/mol. The van der Waals surface area contributed by atoms with Crippen molar-refractivity contribution in [3.63, 3.8) is 0 Å². The lowest BCUT2D eigenvalue weighted by Crippen LogP contribution is -2.22. The minimum atomic E-state index is 0.595. The van der Waals surface area contributed by atoms with Gasteiger partial charge in [-0.2, -0.15) is 4.98 Å². The average Bonchev–Trinajstić information content (AvgIpc) is 2.24. The number of aromatic nitrogens is 2. The van der Waals surface area contributed by atoms with Gasteiger partial charge in [-0.05, 0) is 19.9 Å². The van der Waals surface area contributed by atoms with Gasteiger partial charge in [0.2, 0.25) is 5.88 Å². The molecular formula is C10H18N4O. The lowest BCUT2D eigenvalue weighted by atomic mass is 10.4. The minimum absolute atomic E-state index is 0.595. The molecular weight excluding hydrogens is 192 g/mol. The fourth-order valence-corrected chi connectivity index (χ4v) is 1.27. The van der Waals surface area contributed by atoms with Crippen molar-refractivity contribution in [3.05, 3.63) is 11.9 Å². The van der Waals surface area contributed by atoms with Gasteiger partial charge in [0, 0.05) is 19.7 Å². The number of hydrogen-bond acceptors (Lipinski definition) is 5. The van der Waals surface area contributed by atoms with E-state index >= 15 is 0 Å². The highest BCUT2D eigenvalue weighted by molar-refractivity contribution is 5.40. The number of aryl methyl sites for hydroxylation is 1. The van der Waals surface area contributed by atoms with E-state index in [0.717, 1.165) is 18.8 Å². The van der Waals surface area contributed by atoms with Crippen molar-refractivity contribution in [1.29, 1.82) is 0 Å². The van der Waals surface area contributed by atoms with Gasteiger partial charge in [0.05, 0.1) is 7.11 Å². The molecule has 0 radical (unpaired) electrons. The number of nitrogens with two attached hydrogens (primary N) is 1. The summed E-state index contributed by atoms with van der Waals surface area (Å²) in [6.45, 7) is 3.42. The van der Waals surface area contributed by atoms with Gasteiger partial charge in [-0.25, -0.2) is 4.98 Å². The molecule has 0 aliphatic carbocycles. The molecule has 0 saturated carbocycles. The predicted octanol–water partition coefficient (Wildman–Crippen LogP) is 0.579. The molecule has 0 fully saturated rings. The minimum Gasteiger partial charge on any atom is -0.481 e. The van der Waals surface area contributed by atoms with Gasteiger partial charge in [0.25, 0.3) is 0 Å². The smallest absolute Gasteiger partial charge is 0.218 e. The number of ether oxygens (including phenoxy) is 1. The summed E-state index contributed by atoms with van der Waals surface area (Å²) in [5.41, 5.74) is 5.46. The molecule has 1 rings (SSSR count). The van der Waals surface area contributed by atoms with Gasteiger partial charge in [0.15, 0.2) is 0 Å². The molecule has 0 aliphatic heterocycles. The van der Waals surface area contributed by atoms with E-state index < -0.39 is 0 Å². The van der Waals surface area contributed by atoms with Crippen LogP contribution < -0.4 is 15.4 Å². The third kappa shape index (κ3) is 3.36. The standard InChI is InChI=1S/C10H18N4O/c1-8-12-9(7-10(13-8)15-3)14(2)6-4-5-11/h7H,4-6,11H2,1-3H3. The van der Waals surface area contributed by atoms with E-state index in [1.165, 1.54) is 0 Å². The summed E-state index contributed by atoms with van der Waals surface area (Å²) in [7, 11) is 3.59. The van der Waals surface area contributed by atoms with Crippen LogP contribution in [0.4, 0.5) is 5.82 Å². The van der Waals surface area contributed by atoms with Crippen LogP contribution in [0.15, 0.2) is 6.07 Å². The van der Waals surface area contributed by atoms with Crippen molar-refractivity contribution in [3.8, 4) is 5.88 Å². The van der Waals surface area contributed by atoms with Gasteiger partial charge in [-0.1, -0.05) is 0 Å². The van der Waals surface area contributed by atoms with Crippen molar-refractivity contribution in [1.82, 2.24) is 9.97 Å². The Kier molecular flexibility index (Phi) is 4.30. The summed E-state index contributed by atoms with van der Waals surface area (Å²) in [6.07, 6.45) is 0.946. The first kappa shape index (κ1) is 11.7. The van der Waals surface area contributed by atoms with Crippen molar-refractivity contribution in [2.24, 2.45) is 5.73 Å². The molecule has 2 N–H and O–H groups in total. The van der Waals surface area contributed by atoms with Gasteiger partial charge in [0.1, 0.15) is 11.6 Å². The Hall–Kier alpha value is -1.36. The molecule has 0 aliphatic rings. The summed E-state index contributed by atoms with van der Waals surface area (Å²) in [4.78, 5) is 10.5. The van der Waals surface area contributed by atoms with Gasteiger partial charge < -0.3 is 15.4 Å². The quantitative estimate of drug-likeness (QED) is 0.770. The molecule has 0 unspecified atom stereocenters. The van der Waals surface area contributed by atoms with Crippen LogP contribution in [0.3, 0.4) is 0 Å². The molecule has 0 amide bonds. The van der Waals surface area contributed by atoms with Crippen LogP contribution in [0.5, 0.6) is 5.88 Å². The van der Waals surface area contributed by atoms with Crippen LogP contribution in [-0.2, 0) is 0 Å². The molecule has 15 heavy (non-hydrogen) atoms. The van der Waals surface area contributed by atoms with E-state index in [9.17, 15) is 0 Å². The van der Waals surface area contributed by atoms with Crippen molar-refractivity contribution in [2.75, 3.05) is 32.1 Å². The van der Waals surface area contributed by atoms with Crippen molar-refractivity contribution in [2.45, 2.75) is 13.3 Å². The maximum Gasteiger partial charge on any atom is 0.218 e. The second-order valence-corrected chi connectivity index (χ2v) is 3.38. The molecule has 1 aromatic rings. The van der Waals surface area contributed by atoms with Crippen LogP contribution >= 0.6 is 0 Å². The second kappa shape index (κ2) is 5.50. The lowest BCUT2D eigenvalue weighted by molar-refractivity contribution is 0.395. The predicted molar refractivity (Wildman–Crippen MR) is 60.3 cm³/mol. The van der Waals surface area contributed by atoms with Gasteiger partial charge in [-0.15, -0.1) is 0 Å². The first-order valence-corrected chi connectivity index (χ1v) is 4.98. The average molecular weight is 210 g/mol. The summed E-state index contributed by atoms with van der Waals surface area (Å²) in [5.74, 6) is 2.17. The maximum absolute atomic E-state index is 5.46. The van der Waals surface area contributed by atoms with Crippen LogP contribution in [0.25, 0.3) is 0 Å². The molecule has 0 bridgehead atoms. The SMILES string of the molecule is COc1cc(N(C)CCCN)nc(C)n1. The summed E-state index contributed by atoms with van der Waals surface area (Å²) in [6, 6.07) is 1.82. The Labute approximate surface area is 90.3 Å². The topological polar surface area (TPSA) is 64.3 Å². The first-order chi connectivity index (χ1) is 7.17. The normalized spacial score (nSPS) is 10.1. The molecule has 0 atom stereocenters. The van der Waals surface area contributed by atoms with E-state index in [4.69, 9.17) is 10.5 Å². The molecule has 1 aromatic heterocycles. The third-order valence-electron chi connectivity index (χ3n) is 2.10. The van der Waals surface area contributed by atoms with Crippen molar-refractivity contribution < 1.29 is 4.74 Å². The Morgan fingerprint density at radius 1 is 1.47 bits per heavy atom. The fourth-order valence-electron chi connectivity index (χ4n) is 1.27. The molecule has 0 spiro atoms. The summed E-state index contributed by atoms with van der Waals surface area (Å²) >= 11 is 0. The number of anilines is 1. The number of nitrogens with zero attached hydrogens (tertiary/aromatic N) is 3. The maximum atomic E-state index is 5.46. The summed E-state index contributed by atoms with van der Waals surface area (Å²) < 4.78 is 5.09. The Bertz CT molecular complexity index is 316. The Balaban J connectivity index is 2.78. The molecule has 84 valence electrons. The lowest BCUT2D eigenvalue weighted by Gasteiger charge is -2.18. The zero-order chi connectivity index (χ0) is 11.3. The largest absolute Gasteiger partial charge is 0.481 e. The zero-order valence-electron chi connectivity index (χ0n) is 9.53. The Morgan fingerprint density at radius 2 is 2.20 bits per heavy atom. The van der Waals surface area contributed by atoms with Crippen LogP contribution in [0, 0.1) is 6.92 Å². The van der Waals surface area contributed by atoms with Crippen LogP contribution in [0.1, 0.15) is 12.2 Å². The van der Waals surface area contributed by atoms with Crippen LogP contribution in [-0.4, -0.2) is 37.2 Å². The number of hydrogen-bond donors (Lipinski definition) is 1. The second-order valence-electron chi connectivity index (χ2n) is 3.38. The molecule has 5 nitrogen and oxygen atoms in total. The fraction of sp³-hybridized carbons (Fsp3) is 0.600. The summed E-state index contributed by atoms with van der Waals surface area (Å²) in [5, 5.41) is 0. The molecule has 0 aromatic carbocycles. The van der Waals surface area contributed by atoms with Crippen molar-refractivity contribution >= 4 is 5.82 Å². The van der Waals surface area contributed by atoms with E-state index in [-0.39, 0.29) is 0 Å². The molecule has 0 saturated heterocycles. The van der Waals surface area contributed by atoms with E-state index in [1.54, 1.807) is 7.11 Å². The highest BCUT2D eigenvalue weighted by atomic mass is 16.5.